The largest absolute Gasteiger partial charge is 0.450 e. The molecule has 0 saturated carbocycles. The summed E-state index contributed by atoms with van der Waals surface area (Å²) in [5, 5.41) is 11.8. The number of nitro benzene ring substituents is 1. The molecular weight excluding hydrogens is 451 g/mol. The maximum atomic E-state index is 13.5. The zero-order valence-electron chi connectivity index (χ0n) is 17.8. The normalized spacial score (nSPS) is 20.2. The Morgan fingerprint density at radius 3 is 2.55 bits per heavy atom. The van der Waals surface area contributed by atoms with Gasteiger partial charge in [-0.2, -0.15) is 0 Å². The third-order valence-electron chi connectivity index (χ3n) is 6.29. The number of fused-ring (bicyclic) bond motifs is 2. The molecule has 0 amide bonds. The highest BCUT2D eigenvalue weighted by Crippen LogP contribution is 2.64. The van der Waals surface area contributed by atoms with Crippen LogP contribution >= 0.6 is 7.67 Å². The highest BCUT2D eigenvalue weighted by atomic mass is 31.2. The number of hydrogen-bond donors (Lipinski definition) is 0. The van der Waals surface area contributed by atoms with Crippen LogP contribution in [-0.2, 0) is 22.6 Å². The highest BCUT2D eigenvalue weighted by molar-refractivity contribution is 7.54. The van der Waals surface area contributed by atoms with E-state index in [1.165, 1.54) is 10.6 Å². The van der Waals surface area contributed by atoms with Gasteiger partial charge in [0.25, 0.3) is 0 Å². The van der Waals surface area contributed by atoms with Crippen molar-refractivity contribution in [2.75, 3.05) is 26.2 Å². The zero-order valence-corrected chi connectivity index (χ0v) is 18.7. The van der Waals surface area contributed by atoms with Crippen molar-refractivity contribution < 1.29 is 23.2 Å². The summed E-state index contributed by atoms with van der Waals surface area (Å²) in [6, 6.07) is 7.89. The molecular formula is C21H21N4O7P. The molecule has 2 aromatic carbocycles. The predicted molar refractivity (Wildman–Crippen MR) is 118 cm³/mol. The second-order valence-electron chi connectivity index (χ2n) is 8.43. The summed E-state index contributed by atoms with van der Waals surface area (Å²) in [6.07, 6.45) is 0.643. The van der Waals surface area contributed by atoms with Crippen molar-refractivity contribution in [3.8, 4) is 11.5 Å². The van der Waals surface area contributed by atoms with Gasteiger partial charge in [-0.3, -0.25) is 23.8 Å². The van der Waals surface area contributed by atoms with Gasteiger partial charge in [0.1, 0.15) is 5.75 Å². The molecule has 3 aromatic rings. The first-order chi connectivity index (χ1) is 15.8. The molecule has 2 fully saturated rings. The van der Waals surface area contributed by atoms with Gasteiger partial charge in [0.15, 0.2) is 5.58 Å². The summed E-state index contributed by atoms with van der Waals surface area (Å²) >= 11 is 0. The highest BCUT2D eigenvalue weighted by Gasteiger charge is 2.51. The Morgan fingerprint density at radius 2 is 1.88 bits per heavy atom. The predicted octanol–water partition coefficient (Wildman–Crippen LogP) is 3.58. The second-order valence-corrected chi connectivity index (χ2v) is 10.8. The number of benzene rings is 2. The average Bonchev–Trinajstić information content (AvgIpc) is 3.71. The van der Waals surface area contributed by atoms with Crippen LogP contribution in [0.1, 0.15) is 23.7 Å². The van der Waals surface area contributed by atoms with E-state index in [1.807, 2.05) is 9.34 Å². The molecule has 2 saturated heterocycles. The van der Waals surface area contributed by atoms with Gasteiger partial charge in [-0.05, 0) is 36.6 Å². The number of hydrogen-bond acceptors (Lipinski definition) is 7. The number of rotatable bonds is 7. The fraction of sp³-hybridized carbons (Fsp3) is 0.381. The van der Waals surface area contributed by atoms with Crippen LogP contribution in [-0.4, -0.2) is 45.0 Å². The number of nitro groups is 1. The Hall–Kier alpha value is -2.98. The van der Waals surface area contributed by atoms with Crippen molar-refractivity contribution in [1.29, 1.82) is 0 Å². The molecule has 172 valence electrons. The number of oxazole rings is 1. The topological polar surface area (TPSA) is 120 Å². The lowest BCUT2D eigenvalue weighted by atomic mass is 10.1. The van der Waals surface area contributed by atoms with E-state index in [0.717, 1.165) is 31.7 Å². The van der Waals surface area contributed by atoms with Gasteiger partial charge in [-0.15, -0.1) is 0 Å². The summed E-state index contributed by atoms with van der Waals surface area (Å²) in [5.41, 5.74) is 2.20. The Kier molecular flexibility index (Phi) is 4.54. The van der Waals surface area contributed by atoms with Gasteiger partial charge in [0, 0.05) is 50.9 Å². The van der Waals surface area contributed by atoms with Crippen LogP contribution in [0.25, 0.3) is 11.1 Å². The fourth-order valence-electron chi connectivity index (χ4n) is 4.35. The van der Waals surface area contributed by atoms with Crippen LogP contribution in [0.3, 0.4) is 0 Å². The van der Waals surface area contributed by atoms with Gasteiger partial charge in [0.2, 0.25) is 5.75 Å². The molecule has 0 spiro atoms. The van der Waals surface area contributed by atoms with Crippen molar-refractivity contribution in [2.24, 2.45) is 7.05 Å². The second kappa shape index (κ2) is 7.26. The lowest BCUT2D eigenvalue weighted by Crippen LogP contribution is -2.11. The summed E-state index contributed by atoms with van der Waals surface area (Å²) in [5.74, 6) is -0.0145. The van der Waals surface area contributed by atoms with E-state index in [9.17, 15) is 19.5 Å². The smallest absolute Gasteiger partial charge is 0.419 e. The fourth-order valence-corrected chi connectivity index (χ4v) is 6.71. The van der Waals surface area contributed by atoms with E-state index in [1.54, 1.807) is 31.3 Å². The Balaban J connectivity index is 1.37. The van der Waals surface area contributed by atoms with Crippen LogP contribution in [0.2, 0.25) is 0 Å². The van der Waals surface area contributed by atoms with Gasteiger partial charge < -0.3 is 9.15 Å². The lowest BCUT2D eigenvalue weighted by molar-refractivity contribution is -0.385. The minimum Gasteiger partial charge on any atom is -0.450 e. The number of ether oxygens (including phenoxy) is 1. The first kappa shape index (κ1) is 20.6. The van der Waals surface area contributed by atoms with Crippen molar-refractivity contribution in [3.05, 3.63) is 62.1 Å². The molecule has 11 nitrogen and oxygen atoms in total. The molecule has 12 heteroatoms. The van der Waals surface area contributed by atoms with Crippen molar-refractivity contribution >= 4 is 24.5 Å². The van der Waals surface area contributed by atoms with E-state index < -0.39 is 24.5 Å². The first-order valence-corrected chi connectivity index (χ1v) is 12.2. The molecule has 1 aliphatic carbocycles. The van der Waals surface area contributed by atoms with Gasteiger partial charge in [-0.1, -0.05) is 0 Å². The van der Waals surface area contributed by atoms with Gasteiger partial charge >= 0.3 is 19.1 Å². The summed E-state index contributed by atoms with van der Waals surface area (Å²) in [6.45, 7) is 3.00. The van der Waals surface area contributed by atoms with Crippen molar-refractivity contribution in [1.82, 2.24) is 13.9 Å². The lowest BCUT2D eigenvalue weighted by Gasteiger charge is -2.24. The number of aryl methyl sites for hydroxylation is 1. The van der Waals surface area contributed by atoms with Crippen LogP contribution in [0.4, 0.5) is 5.69 Å². The zero-order chi connectivity index (χ0) is 22.9. The Morgan fingerprint density at radius 1 is 1.15 bits per heavy atom. The van der Waals surface area contributed by atoms with Crippen LogP contribution < -0.4 is 10.5 Å². The maximum absolute atomic E-state index is 13.5. The van der Waals surface area contributed by atoms with Crippen LogP contribution in [0, 0.1) is 10.1 Å². The average molecular weight is 472 g/mol. The number of nitrogens with zero attached hydrogens (tertiary/aromatic N) is 4. The SMILES string of the molecule is Cn1c(=O)oc2ccc(Oc3c([N+](=O)[O-])ccc4c3CC[C@@H]4OP(=O)(N3CC3)N3CC3)cc21. The molecule has 1 atom stereocenters. The third kappa shape index (κ3) is 3.39. The van der Waals surface area contributed by atoms with Crippen molar-refractivity contribution in [3.63, 3.8) is 0 Å². The van der Waals surface area contributed by atoms with E-state index >= 15 is 0 Å². The monoisotopic (exact) mass is 472 g/mol. The molecule has 33 heavy (non-hydrogen) atoms. The molecule has 6 rings (SSSR count). The molecule has 0 radical (unpaired) electrons. The van der Waals surface area contributed by atoms with Gasteiger partial charge in [0.05, 0.1) is 16.5 Å². The third-order valence-corrected chi connectivity index (χ3v) is 9.04. The number of aromatic nitrogens is 1. The van der Waals surface area contributed by atoms with E-state index in [0.29, 0.717) is 35.3 Å². The first-order valence-electron chi connectivity index (χ1n) is 10.7. The van der Waals surface area contributed by atoms with Gasteiger partial charge in [-0.25, -0.2) is 14.1 Å². The van der Waals surface area contributed by atoms with Crippen LogP contribution in [0.15, 0.2) is 39.5 Å². The standard InChI is InChI=1S/C21H21N4O7P/c1-22-17-12-13(2-6-19(17)31-21(22)26)30-20-15-4-7-18(14(15)3-5-16(20)25(27)28)32-33(29,23-8-9-23)24-10-11-24/h2-3,5-6,12,18H,4,7-11H2,1H3/t18-/m0/s1. The summed E-state index contributed by atoms with van der Waals surface area (Å²) in [4.78, 5) is 23.1. The Bertz CT molecular complexity index is 1390. The summed E-state index contributed by atoms with van der Waals surface area (Å²) in [7, 11) is -1.46. The van der Waals surface area contributed by atoms with E-state index in [4.69, 9.17) is 13.7 Å². The Labute approximate surface area is 187 Å². The van der Waals surface area contributed by atoms with Crippen molar-refractivity contribution in [2.45, 2.75) is 18.9 Å². The molecule has 3 aliphatic rings. The molecule has 3 heterocycles. The molecule has 0 unspecified atom stereocenters. The van der Waals surface area contributed by atoms with Crippen LogP contribution in [0.5, 0.6) is 11.5 Å². The summed E-state index contributed by atoms with van der Waals surface area (Å²) < 4.78 is 35.9. The van der Waals surface area contributed by atoms with E-state index in [-0.39, 0.29) is 11.4 Å². The maximum Gasteiger partial charge on any atom is 0.419 e. The quantitative estimate of drug-likeness (QED) is 0.220. The molecule has 2 aliphatic heterocycles. The minimum absolute atomic E-state index is 0.143. The minimum atomic E-state index is -3.04. The molecule has 0 bridgehead atoms. The molecule has 1 aromatic heterocycles. The molecule has 0 N–H and O–H groups in total. The van der Waals surface area contributed by atoms with E-state index in [2.05, 4.69) is 0 Å².